The maximum atomic E-state index is 12.9. The Hall–Kier alpha value is -2.22. The molecular formula is C24H31IN2O8. The van der Waals surface area contributed by atoms with Crippen LogP contribution in [0.3, 0.4) is 0 Å². The van der Waals surface area contributed by atoms with Crippen molar-refractivity contribution in [3.63, 3.8) is 0 Å². The van der Waals surface area contributed by atoms with Gasteiger partial charge in [0.05, 0.1) is 23.3 Å². The Morgan fingerprint density at radius 3 is 2.63 bits per heavy atom. The highest BCUT2D eigenvalue weighted by Gasteiger charge is 2.42. The van der Waals surface area contributed by atoms with Crippen LogP contribution in [0.15, 0.2) is 23.8 Å². The van der Waals surface area contributed by atoms with Gasteiger partial charge < -0.3 is 34.6 Å². The van der Waals surface area contributed by atoms with E-state index in [1.807, 2.05) is 22.6 Å². The zero-order chi connectivity index (χ0) is 25.5. The lowest BCUT2D eigenvalue weighted by Gasteiger charge is -2.40. The number of methoxy groups -OCH3 is 2. The van der Waals surface area contributed by atoms with E-state index < -0.39 is 24.2 Å². The number of carbonyl (C=O) groups excluding carboxylic acids is 3. The summed E-state index contributed by atoms with van der Waals surface area (Å²) in [5.74, 6) is 0.275. The zero-order valence-electron chi connectivity index (χ0n) is 19.7. The topological polar surface area (TPSA) is 135 Å². The van der Waals surface area contributed by atoms with Crippen LogP contribution in [0.1, 0.15) is 29.6 Å². The predicted octanol–water partition coefficient (Wildman–Crippen LogP) is 0.913. The molecule has 10 nitrogen and oxygen atoms in total. The molecule has 0 bridgehead atoms. The molecular weight excluding hydrogens is 571 g/mol. The number of nitrogens with zero attached hydrogens (tertiary/aromatic N) is 1. The molecule has 3 N–H and O–H groups in total. The van der Waals surface area contributed by atoms with E-state index in [9.17, 15) is 19.5 Å². The zero-order valence-corrected chi connectivity index (χ0v) is 21.9. The molecule has 3 rings (SSSR count). The molecule has 0 aliphatic heterocycles. The third-order valence-corrected chi connectivity index (χ3v) is 6.80. The van der Waals surface area contributed by atoms with Gasteiger partial charge in [0.1, 0.15) is 25.1 Å². The van der Waals surface area contributed by atoms with Crippen LogP contribution in [-0.4, -0.2) is 92.0 Å². The van der Waals surface area contributed by atoms with Crippen LogP contribution in [0.5, 0.6) is 11.5 Å². The number of benzene rings is 1. The van der Waals surface area contributed by atoms with Gasteiger partial charge in [0.15, 0.2) is 11.5 Å². The molecule has 2 aliphatic carbocycles. The van der Waals surface area contributed by atoms with E-state index in [1.165, 1.54) is 26.4 Å². The molecule has 0 radical (unpaired) electrons. The standard InChI is InChI=1S/C24H31IN2O8/c1-33-13-21(30)27(11-14-3-4-14)18-9-16(24(32)26-5-6-28)10-19(22(18)31)35-23-17(25)7-15(12-29)8-20(23)34-2/h7-8,10,12,14,18-19,22,28,31H,3-6,9,11,13H2,1-2H3,(H,26,32)/t18-,19+,22+/m1/s1. The molecule has 1 saturated carbocycles. The van der Waals surface area contributed by atoms with Crippen LogP contribution in [0, 0.1) is 9.49 Å². The van der Waals surface area contributed by atoms with Gasteiger partial charge >= 0.3 is 0 Å². The van der Waals surface area contributed by atoms with Gasteiger partial charge in [-0.25, -0.2) is 0 Å². The van der Waals surface area contributed by atoms with Crippen LogP contribution in [0.2, 0.25) is 0 Å². The SMILES string of the molecule is COCC(=O)N(CC1CC1)[C@@H]1CC(C(=O)NCCO)=C[C@H](Oc2c(I)cc(C=O)cc2OC)[C@H]1O. The van der Waals surface area contributed by atoms with Gasteiger partial charge in [-0.15, -0.1) is 0 Å². The van der Waals surface area contributed by atoms with E-state index in [-0.39, 0.29) is 32.1 Å². The first-order chi connectivity index (χ1) is 16.8. The Morgan fingerprint density at radius 1 is 1.29 bits per heavy atom. The van der Waals surface area contributed by atoms with Gasteiger partial charge in [0.2, 0.25) is 11.8 Å². The fourth-order valence-electron chi connectivity index (χ4n) is 4.04. The number of halogens is 1. The lowest BCUT2D eigenvalue weighted by molar-refractivity contribution is -0.142. The minimum absolute atomic E-state index is 0.0716. The highest BCUT2D eigenvalue weighted by atomic mass is 127. The van der Waals surface area contributed by atoms with Gasteiger partial charge in [-0.3, -0.25) is 14.4 Å². The lowest BCUT2D eigenvalue weighted by atomic mass is 9.88. The Kier molecular flexibility index (Phi) is 9.89. The molecule has 0 unspecified atom stereocenters. The van der Waals surface area contributed by atoms with Gasteiger partial charge in [-0.05, 0) is 59.6 Å². The van der Waals surface area contributed by atoms with Gasteiger partial charge in [0.25, 0.3) is 0 Å². The number of rotatable bonds is 12. The molecule has 1 aromatic carbocycles. The molecule has 192 valence electrons. The number of aliphatic hydroxyl groups excluding tert-OH is 2. The molecule has 1 fully saturated rings. The first kappa shape index (κ1) is 27.4. The first-order valence-corrected chi connectivity index (χ1v) is 12.5. The molecule has 3 atom stereocenters. The van der Waals surface area contributed by atoms with Crippen molar-refractivity contribution >= 4 is 40.7 Å². The van der Waals surface area contributed by atoms with Crippen LogP contribution in [0.25, 0.3) is 0 Å². The van der Waals surface area contributed by atoms with E-state index in [0.717, 1.165) is 12.8 Å². The molecule has 2 aliphatic rings. The average Bonchev–Trinajstić information content (AvgIpc) is 3.67. The lowest BCUT2D eigenvalue weighted by Crippen LogP contribution is -2.56. The fraction of sp³-hybridized carbons (Fsp3) is 0.542. The largest absolute Gasteiger partial charge is 0.493 e. The minimum atomic E-state index is -1.14. The summed E-state index contributed by atoms with van der Waals surface area (Å²) < 4.78 is 17.2. The minimum Gasteiger partial charge on any atom is -0.493 e. The molecule has 0 spiro atoms. The molecule has 0 aromatic heterocycles. The number of aldehydes is 1. The number of amides is 2. The monoisotopic (exact) mass is 602 g/mol. The summed E-state index contributed by atoms with van der Waals surface area (Å²) in [5.41, 5.74) is 0.740. The third-order valence-electron chi connectivity index (χ3n) is 6.00. The number of carbonyl (C=O) groups is 3. The van der Waals surface area contributed by atoms with E-state index >= 15 is 0 Å². The van der Waals surface area contributed by atoms with Crippen molar-refractivity contribution in [2.75, 3.05) is 40.5 Å². The molecule has 1 aromatic rings. The van der Waals surface area contributed by atoms with Crippen LogP contribution >= 0.6 is 22.6 Å². The van der Waals surface area contributed by atoms with Crippen molar-refractivity contribution in [3.05, 3.63) is 32.9 Å². The second kappa shape index (κ2) is 12.7. The van der Waals surface area contributed by atoms with Crippen molar-refractivity contribution in [1.29, 1.82) is 0 Å². The van der Waals surface area contributed by atoms with Crippen LogP contribution < -0.4 is 14.8 Å². The fourth-order valence-corrected chi connectivity index (χ4v) is 4.80. The van der Waals surface area contributed by atoms with Crippen molar-refractivity contribution in [2.24, 2.45) is 5.92 Å². The quantitative estimate of drug-likeness (QED) is 0.238. The number of hydrogen-bond acceptors (Lipinski definition) is 8. The van der Waals surface area contributed by atoms with Gasteiger partial charge in [-0.1, -0.05) is 0 Å². The summed E-state index contributed by atoms with van der Waals surface area (Å²) in [4.78, 5) is 38.6. The number of ether oxygens (including phenoxy) is 3. The van der Waals surface area contributed by atoms with Crippen LogP contribution in [-0.2, 0) is 14.3 Å². The van der Waals surface area contributed by atoms with Crippen molar-refractivity contribution in [3.8, 4) is 11.5 Å². The van der Waals surface area contributed by atoms with E-state index in [1.54, 1.807) is 11.0 Å². The Balaban J connectivity index is 1.97. The summed E-state index contributed by atoms with van der Waals surface area (Å²) in [6.45, 7) is 0.166. The molecule has 2 amide bonds. The molecule has 0 saturated heterocycles. The first-order valence-electron chi connectivity index (χ1n) is 11.4. The summed E-state index contributed by atoms with van der Waals surface area (Å²) in [5, 5.41) is 23.1. The molecule has 35 heavy (non-hydrogen) atoms. The van der Waals surface area contributed by atoms with Gasteiger partial charge in [-0.2, -0.15) is 0 Å². The number of nitrogens with one attached hydrogen (secondary N) is 1. The Labute approximate surface area is 217 Å². The smallest absolute Gasteiger partial charge is 0.248 e. The number of aliphatic hydroxyl groups is 2. The second-order valence-electron chi connectivity index (χ2n) is 8.59. The second-order valence-corrected chi connectivity index (χ2v) is 9.75. The highest BCUT2D eigenvalue weighted by molar-refractivity contribution is 14.1. The maximum absolute atomic E-state index is 12.9. The summed E-state index contributed by atoms with van der Waals surface area (Å²) in [7, 11) is 2.87. The highest BCUT2D eigenvalue weighted by Crippen LogP contribution is 2.38. The predicted molar refractivity (Wildman–Crippen MR) is 134 cm³/mol. The Bertz CT molecular complexity index is 965. The summed E-state index contributed by atoms with van der Waals surface area (Å²) in [6, 6.07) is 2.43. The summed E-state index contributed by atoms with van der Waals surface area (Å²) in [6.07, 6.45) is 2.22. The number of hydrogen-bond donors (Lipinski definition) is 3. The average molecular weight is 602 g/mol. The molecule has 0 heterocycles. The van der Waals surface area contributed by atoms with Gasteiger partial charge in [0, 0.05) is 37.8 Å². The van der Waals surface area contributed by atoms with E-state index in [0.29, 0.717) is 45.0 Å². The van der Waals surface area contributed by atoms with Crippen LogP contribution in [0.4, 0.5) is 0 Å². The van der Waals surface area contributed by atoms with Crippen molar-refractivity contribution in [1.82, 2.24) is 10.2 Å². The van der Waals surface area contributed by atoms with Crippen molar-refractivity contribution in [2.45, 2.75) is 37.5 Å². The Morgan fingerprint density at radius 2 is 2.03 bits per heavy atom. The van der Waals surface area contributed by atoms with E-state index in [4.69, 9.17) is 19.3 Å². The third kappa shape index (κ3) is 6.93. The normalized spacial score (nSPS) is 21.6. The summed E-state index contributed by atoms with van der Waals surface area (Å²) >= 11 is 2.01. The maximum Gasteiger partial charge on any atom is 0.248 e. The van der Waals surface area contributed by atoms with E-state index in [2.05, 4.69) is 5.32 Å². The molecule has 11 heteroatoms. The van der Waals surface area contributed by atoms with Crippen molar-refractivity contribution < 1.29 is 38.8 Å².